The molecule has 0 aromatic carbocycles. The van der Waals surface area contributed by atoms with Crippen LogP contribution < -0.4 is 11.1 Å². The molecule has 0 spiro atoms. The summed E-state index contributed by atoms with van der Waals surface area (Å²) in [6, 6.07) is -0.0535. The van der Waals surface area contributed by atoms with E-state index in [2.05, 4.69) is 32.1 Å². The topological polar surface area (TPSA) is 178 Å². The molecule has 5 N–H and O–H groups in total. The number of rotatable bonds is 5. The van der Waals surface area contributed by atoms with E-state index < -0.39 is 36.5 Å². The molecular weight excluding hydrogens is 446 g/mol. The average molecular weight is 473 g/mol. The van der Waals surface area contributed by atoms with Crippen LogP contribution in [0.2, 0.25) is 0 Å². The van der Waals surface area contributed by atoms with E-state index in [1.165, 1.54) is 22.9 Å². The summed E-state index contributed by atoms with van der Waals surface area (Å²) < 4.78 is 11.8. The van der Waals surface area contributed by atoms with Crippen LogP contribution in [-0.2, 0) is 14.3 Å². The van der Waals surface area contributed by atoms with Gasteiger partial charge in [0, 0.05) is 12.1 Å². The van der Waals surface area contributed by atoms with Crippen LogP contribution in [0.25, 0.3) is 11.2 Å². The molecule has 2 amide bonds. The molecule has 4 rings (SSSR count). The Morgan fingerprint density at radius 1 is 1.35 bits per heavy atom. The van der Waals surface area contributed by atoms with E-state index in [4.69, 9.17) is 15.2 Å². The maximum Gasteiger partial charge on any atom is 0.410 e. The zero-order chi connectivity index (χ0) is 24.6. The molecule has 0 radical (unpaired) electrons. The Balaban J connectivity index is 1.58. The van der Waals surface area contributed by atoms with Gasteiger partial charge in [-0.3, -0.25) is 14.3 Å². The van der Waals surface area contributed by atoms with Crippen molar-refractivity contribution >= 4 is 29.0 Å². The molecule has 1 aliphatic heterocycles. The average Bonchev–Trinajstić information content (AvgIpc) is 3.43. The Morgan fingerprint density at radius 3 is 2.74 bits per heavy atom. The zero-order valence-electron chi connectivity index (χ0n) is 19.0. The van der Waals surface area contributed by atoms with Gasteiger partial charge >= 0.3 is 6.09 Å². The minimum Gasteiger partial charge on any atom is -0.453 e. The number of nitrogen functional groups attached to an aromatic ring is 1. The first kappa shape index (κ1) is 23.7. The van der Waals surface area contributed by atoms with E-state index >= 15 is 0 Å². The van der Waals surface area contributed by atoms with Crippen LogP contribution in [0.3, 0.4) is 0 Å². The van der Waals surface area contributed by atoms with E-state index in [-0.39, 0.29) is 41.4 Å². The second-order valence-electron chi connectivity index (χ2n) is 8.46. The molecule has 1 saturated carbocycles. The number of amides is 2. The second kappa shape index (κ2) is 9.41. The third kappa shape index (κ3) is 4.60. The van der Waals surface area contributed by atoms with Crippen LogP contribution in [0, 0.1) is 11.8 Å². The van der Waals surface area contributed by atoms with Crippen LogP contribution in [0.4, 0.5) is 10.6 Å². The number of aromatic nitrogens is 4. The van der Waals surface area contributed by atoms with Crippen molar-refractivity contribution in [2.75, 3.05) is 19.4 Å². The molecule has 2 aromatic heterocycles. The van der Waals surface area contributed by atoms with Crippen molar-refractivity contribution in [3.05, 3.63) is 12.2 Å². The monoisotopic (exact) mass is 473 g/mol. The zero-order valence-corrected chi connectivity index (χ0v) is 19.0. The number of hydrogen-bond acceptors (Lipinski definition) is 10. The molecule has 3 heterocycles. The van der Waals surface area contributed by atoms with E-state index in [0.29, 0.717) is 0 Å². The summed E-state index contributed by atoms with van der Waals surface area (Å²) in [5.74, 6) is 5.23. The predicted octanol–water partition coefficient (Wildman–Crippen LogP) is -0.865. The van der Waals surface area contributed by atoms with Crippen LogP contribution in [0.15, 0.2) is 6.33 Å². The quantitative estimate of drug-likeness (QED) is 0.399. The third-order valence-electron chi connectivity index (χ3n) is 5.63. The van der Waals surface area contributed by atoms with Gasteiger partial charge < -0.3 is 30.7 Å². The number of fused-ring (bicyclic) bond motifs is 1. The lowest BCUT2D eigenvalue weighted by molar-refractivity contribution is -0.137. The van der Waals surface area contributed by atoms with Gasteiger partial charge in [-0.1, -0.05) is 5.92 Å². The molecule has 2 fully saturated rings. The molecule has 2 aromatic rings. The smallest absolute Gasteiger partial charge is 0.410 e. The highest BCUT2D eigenvalue weighted by atomic mass is 16.6. The molecule has 13 nitrogen and oxygen atoms in total. The number of carbonyl (C=O) groups is 2. The minimum atomic E-state index is -1.43. The number of aliphatic hydroxyl groups excluding tert-OH is 2. The third-order valence-corrected chi connectivity index (χ3v) is 5.63. The van der Waals surface area contributed by atoms with Gasteiger partial charge in [0.05, 0.1) is 20.0 Å². The lowest BCUT2D eigenvalue weighted by Crippen LogP contribution is -2.43. The first-order chi connectivity index (χ1) is 16.2. The molecular formula is C21H27N7O6. The number of nitrogens with zero attached hydrogens (tertiary/aromatic N) is 5. The molecule has 182 valence electrons. The Bertz CT molecular complexity index is 1150. The Morgan fingerprint density at radius 2 is 2.09 bits per heavy atom. The van der Waals surface area contributed by atoms with Crippen molar-refractivity contribution < 1.29 is 29.3 Å². The molecule has 34 heavy (non-hydrogen) atoms. The Labute approximate surface area is 195 Å². The number of carbonyl (C=O) groups excluding carboxylic acids is 2. The number of nitrogens with two attached hydrogens (primary N) is 1. The number of methoxy groups -OCH3 is 1. The summed E-state index contributed by atoms with van der Waals surface area (Å²) >= 11 is 0. The fraction of sp³-hybridized carbons (Fsp3) is 0.571. The van der Waals surface area contributed by atoms with Crippen molar-refractivity contribution in [3.63, 3.8) is 0 Å². The molecule has 2 aliphatic rings. The van der Waals surface area contributed by atoms with Crippen molar-refractivity contribution in [1.29, 1.82) is 0 Å². The molecule has 0 bridgehead atoms. The van der Waals surface area contributed by atoms with E-state index in [1.807, 2.05) is 13.8 Å². The van der Waals surface area contributed by atoms with Gasteiger partial charge in [-0.2, -0.15) is 0 Å². The maximum absolute atomic E-state index is 12.4. The largest absolute Gasteiger partial charge is 0.453 e. The van der Waals surface area contributed by atoms with Gasteiger partial charge in [-0.25, -0.2) is 19.7 Å². The fourth-order valence-electron chi connectivity index (χ4n) is 3.58. The van der Waals surface area contributed by atoms with Gasteiger partial charge in [-0.15, -0.1) is 0 Å². The Kier molecular flexibility index (Phi) is 6.56. The number of nitrogens with one attached hydrogen (secondary N) is 1. The molecule has 2 unspecified atom stereocenters. The van der Waals surface area contributed by atoms with Crippen molar-refractivity contribution in [1.82, 2.24) is 29.7 Å². The highest BCUT2D eigenvalue weighted by molar-refractivity contribution is 5.83. The number of aliphatic hydroxyl groups is 2. The van der Waals surface area contributed by atoms with Gasteiger partial charge in [-0.05, 0) is 32.6 Å². The standard InChI is InChI=1S/C21H27N7O6/c1-10(2)27(21(32)33-3)8-4-5-12-25-17(22)13-18(26-12)28(9-23-13)20-15(30)14(29)16(34-20)19(31)24-11-6-7-11/h9-11,14-16,20,29-30H,6-8H2,1-3H3,(H,24,31)(H2,22,25,26)/t14?,15?,16-,20+/m0/s1. The van der Waals surface area contributed by atoms with Crippen LogP contribution in [-0.4, -0.2) is 90.7 Å². The van der Waals surface area contributed by atoms with Crippen LogP contribution in [0.1, 0.15) is 38.7 Å². The normalized spacial score (nSPS) is 24.1. The first-order valence-electron chi connectivity index (χ1n) is 10.9. The van der Waals surface area contributed by atoms with Gasteiger partial charge in [0.2, 0.25) is 5.82 Å². The number of imidazole rings is 1. The lowest BCUT2D eigenvalue weighted by Gasteiger charge is -2.22. The second-order valence-corrected chi connectivity index (χ2v) is 8.46. The summed E-state index contributed by atoms with van der Waals surface area (Å²) in [7, 11) is 1.29. The molecule has 13 heteroatoms. The number of ether oxygens (including phenoxy) is 2. The predicted molar refractivity (Wildman–Crippen MR) is 118 cm³/mol. The molecule has 1 saturated heterocycles. The highest BCUT2D eigenvalue weighted by Gasteiger charge is 2.48. The number of anilines is 1. The fourth-order valence-corrected chi connectivity index (χ4v) is 3.58. The van der Waals surface area contributed by atoms with E-state index in [1.54, 1.807) is 0 Å². The highest BCUT2D eigenvalue weighted by Crippen LogP contribution is 2.33. The van der Waals surface area contributed by atoms with E-state index in [0.717, 1.165) is 12.8 Å². The summed E-state index contributed by atoms with van der Waals surface area (Å²) in [6.07, 6.45) is -2.62. The SMILES string of the molecule is COC(=O)N(CC#Cc1nc(N)c2ncn([C@@H]3O[C@H](C(=O)NC4CC4)C(O)C3O)c2n1)C(C)C. The van der Waals surface area contributed by atoms with Crippen molar-refractivity contribution in [2.24, 2.45) is 0 Å². The van der Waals surface area contributed by atoms with Crippen molar-refractivity contribution in [2.45, 2.75) is 63.3 Å². The number of hydrogen-bond donors (Lipinski definition) is 4. The summed E-state index contributed by atoms with van der Waals surface area (Å²) in [6.45, 7) is 3.74. The van der Waals surface area contributed by atoms with E-state index in [9.17, 15) is 19.8 Å². The lowest BCUT2D eigenvalue weighted by atomic mass is 10.1. The van der Waals surface area contributed by atoms with Crippen LogP contribution in [0.5, 0.6) is 0 Å². The Hall–Kier alpha value is -3.47. The minimum absolute atomic E-state index is 0.0535. The summed E-state index contributed by atoms with van der Waals surface area (Å²) in [5.41, 5.74) is 6.48. The van der Waals surface area contributed by atoms with Gasteiger partial charge in [0.1, 0.15) is 17.7 Å². The van der Waals surface area contributed by atoms with Crippen molar-refractivity contribution in [3.8, 4) is 11.8 Å². The summed E-state index contributed by atoms with van der Waals surface area (Å²) in [5, 5.41) is 23.7. The van der Waals surface area contributed by atoms with Gasteiger partial charge in [0.25, 0.3) is 5.91 Å². The maximum atomic E-state index is 12.4. The molecule has 4 atom stereocenters. The van der Waals surface area contributed by atoms with Crippen LogP contribution >= 0.6 is 0 Å². The van der Waals surface area contributed by atoms with Gasteiger partial charge in [0.15, 0.2) is 23.8 Å². The first-order valence-corrected chi connectivity index (χ1v) is 10.9. The summed E-state index contributed by atoms with van der Waals surface area (Å²) in [4.78, 5) is 38.4. The molecule has 1 aliphatic carbocycles.